The van der Waals surface area contributed by atoms with Crippen molar-refractivity contribution in [1.82, 2.24) is 5.32 Å². The summed E-state index contributed by atoms with van der Waals surface area (Å²) in [5.74, 6) is -0.199. The zero-order chi connectivity index (χ0) is 12.4. The van der Waals surface area contributed by atoms with Crippen molar-refractivity contribution in [3.63, 3.8) is 0 Å². The lowest BCUT2D eigenvalue weighted by Crippen LogP contribution is -2.44. The maximum atomic E-state index is 5.78. The van der Waals surface area contributed by atoms with E-state index in [1.807, 2.05) is 11.8 Å². The van der Waals surface area contributed by atoms with Crippen LogP contribution in [0.3, 0.4) is 0 Å². The van der Waals surface area contributed by atoms with E-state index in [2.05, 4.69) is 11.6 Å². The van der Waals surface area contributed by atoms with Crippen LogP contribution in [0.1, 0.15) is 44.9 Å². The fraction of sp³-hybridized carbons (Fsp3) is 1.00. The van der Waals surface area contributed by atoms with Crippen LogP contribution >= 0.6 is 11.8 Å². The summed E-state index contributed by atoms with van der Waals surface area (Å²) in [6, 6.07) is 1.45. The molecule has 3 fully saturated rings. The molecule has 2 saturated carbocycles. The maximum Gasteiger partial charge on any atom is 0.168 e. The van der Waals surface area contributed by atoms with Gasteiger partial charge in [0.25, 0.3) is 0 Å². The quantitative estimate of drug-likeness (QED) is 0.854. The molecule has 1 N–H and O–H groups in total. The predicted molar refractivity (Wildman–Crippen MR) is 75.0 cm³/mol. The average Bonchev–Trinajstić information content (AvgIpc) is 3.02. The standard InChI is InChI=1S/C14H25NO2S/c1-18-13-3-2-12(10-13)15-11-4-6-14(7-5-11)16-8-9-17-14/h11-13,15H,2-10H2,1H3. The van der Waals surface area contributed by atoms with Crippen molar-refractivity contribution in [3.8, 4) is 0 Å². The van der Waals surface area contributed by atoms with Crippen molar-refractivity contribution in [2.24, 2.45) is 0 Å². The van der Waals surface area contributed by atoms with Gasteiger partial charge in [-0.1, -0.05) is 0 Å². The first-order chi connectivity index (χ1) is 8.80. The predicted octanol–water partition coefficient (Wildman–Crippen LogP) is 2.55. The van der Waals surface area contributed by atoms with E-state index < -0.39 is 0 Å². The summed E-state index contributed by atoms with van der Waals surface area (Å²) in [6.45, 7) is 1.58. The topological polar surface area (TPSA) is 30.5 Å². The summed E-state index contributed by atoms with van der Waals surface area (Å²) in [4.78, 5) is 0. The summed E-state index contributed by atoms with van der Waals surface area (Å²) < 4.78 is 11.6. The van der Waals surface area contributed by atoms with Crippen LogP contribution in [0.5, 0.6) is 0 Å². The van der Waals surface area contributed by atoms with E-state index in [0.717, 1.165) is 37.3 Å². The van der Waals surface area contributed by atoms with E-state index in [4.69, 9.17) is 9.47 Å². The van der Waals surface area contributed by atoms with Gasteiger partial charge in [0.15, 0.2) is 5.79 Å². The second-order valence-electron chi connectivity index (χ2n) is 5.92. The lowest BCUT2D eigenvalue weighted by molar-refractivity contribution is -0.179. The molecule has 0 aromatic rings. The minimum absolute atomic E-state index is 0.199. The van der Waals surface area contributed by atoms with Crippen molar-refractivity contribution in [1.29, 1.82) is 0 Å². The van der Waals surface area contributed by atoms with Gasteiger partial charge in [-0.05, 0) is 38.4 Å². The molecule has 18 heavy (non-hydrogen) atoms. The molecule has 0 aromatic carbocycles. The Morgan fingerprint density at radius 3 is 2.33 bits per heavy atom. The molecule has 1 saturated heterocycles. The SMILES string of the molecule is CSC1CCC(NC2CCC3(CC2)OCCO3)C1. The smallest absolute Gasteiger partial charge is 0.168 e. The van der Waals surface area contributed by atoms with Crippen LogP contribution in [-0.4, -0.2) is 42.6 Å². The van der Waals surface area contributed by atoms with Gasteiger partial charge in [-0.3, -0.25) is 0 Å². The van der Waals surface area contributed by atoms with E-state index >= 15 is 0 Å². The number of nitrogens with one attached hydrogen (secondary N) is 1. The highest BCUT2D eigenvalue weighted by atomic mass is 32.2. The molecule has 104 valence electrons. The fourth-order valence-electron chi connectivity index (χ4n) is 3.65. The summed E-state index contributed by atoms with van der Waals surface area (Å²) in [7, 11) is 0. The highest BCUT2D eigenvalue weighted by Gasteiger charge is 2.40. The van der Waals surface area contributed by atoms with Crippen LogP contribution in [0, 0.1) is 0 Å². The Morgan fingerprint density at radius 2 is 1.72 bits per heavy atom. The van der Waals surface area contributed by atoms with Crippen molar-refractivity contribution < 1.29 is 9.47 Å². The monoisotopic (exact) mass is 271 g/mol. The first-order valence-corrected chi connectivity index (χ1v) is 8.65. The Kier molecular flexibility index (Phi) is 4.18. The van der Waals surface area contributed by atoms with E-state index in [-0.39, 0.29) is 5.79 Å². The number of thioether (sulfide) groups is 1. The van der Waals surface area contributed by atoms with Crippen molar-refractivity contribution in [3.05, 3.63) is 0 Å². The summed E-state index contributed by atoms with van der Waals surface area (Å²) in [5, 5.41) is 4.75. The number of hydrogen-bond acceptors (Lipinski definition) is 4. The molecule has 2 atom stereocenters. The molecule has 1 aliphatic heterocycles. The van der Waals surface area contributed by atoms with Crippen molar-refractivity contribution in [2.75, 3.05) is 19.5 Å². The highest BCUT2D eigenvalue weighted by Crippen LogP contribution is 2.36. The van der Waals surface area contributed by atoms with E-state index in [0.29, 0.717) is 6.04 Å². The summed E-state index contributed by atoms with van der Waals surface area (Å²) in [6.07, 6.45) is 10.9. The molecule has 3 aliphatic rings. The third kappa shape index (κ3) is 2.87. The van der Waals surface area contributed by atoms with Crippen LogP contribution in [0.15, 0.2) is 0 Å². The van der Waals surface area contributed by atoms with E-state index in [1.54, 1.807) is 0 Å². The van der Waals surface area contributed by atoms with Crippen LogP contribution in [-0.2, 0) is 9.47 Å². The minimum Gasteiger partial charge on any atom is -0.348 e. The Bertz CT molecular complexity index is 271. The molecule has 2 unspecified atom stereocenters. The molecule has 3 nitrogen and oxygen atoms in total. The third-order valence-electron chi connectivity index (χ3n) is 4.75. The van der Waals surface area contributed by atoms with Gasteiger partial charge in [-0.25, -0.2) is 0 Å². The first-order valence-electron chi connectivity index (χ1n) is 7.36. The molecule has 2 aliphatic carbocycles. The lowest BCUT2D eigenvalue weighted by Gasteiger charge is -2.36. The second kappa shape index (κ2) is 5.70. The minimum atomic E-state index is -0.199. The van der Waals surface area contributed by atoms with Crippen molar-refractivity contribution >= 4 is 11.8 Å². The van der Waals surface area contributed by atoms with Gasteiger partial charge in [0.2, 0.25) is 0 Å². The lowest BCUT2D eigenvalue weighted by atomic mass is 9.89. The average molecular weight is 271 g/mol. The van der Waals surface area contributed by atoms with Gasteiger partial charge < -0.3 is 14.8 Å². The van der Waals surface area contributed by atoms with Crippen LogP contribution < -0.4 is 5.32 Å². The van der Waals surface area contributed by atoms with Gasteiger partial charge >= 0.3 is 0 Å². The Labute approximate surface area is 114 Å². The molecular weight excluding hydrogens is 246 g/mol. The van der Waals surface area contributed by atoms with E-state index in [9.17, 15) is 0 Å². The molecule has 0 radical (unpaired) electrons. The Morgan fingerprint density at radius 1 is 1.00 bits per heavy atom. The molecule has 0 bridgehead atoms. The van der Waals surface area contributed by atoms with Gasteiger partial charge in [-0.2, -0.15) is 11.8 Å². The van der Waals surface area contributed by atoms with Crippen LogP contribution in [0.2, 0.25) is 0 Å². The zero-order valence-corrected chi connectivity index (χ0v) is 12.1. The zero-order valence-electron chi connectivity index (χ0n) is 11.3. The van der Waals surface area contributed by atoms with Gasteiger partial charge in [0.05, 0.1) is 13.2 Å². The molecule has 1 spiro atoms. The first kappa shape index (κ1) is 13.2. The van der Waals surface area contributed by atoms with E-state index in [1.165, 1.54) is 32.1 Å². The highest BCUT2D eigenvalue weighted by molar-refractivity contribution is 7.99. The Hall–Kier alpha value is 0.230. The number of ether oxygens (including phenoxy) is 2. The third-order valence-corrected chi connectivity index (χ3v) is 5.85. The van der Waals surface area contributed by atoms with Crippen LogP contribution in [0.25, 0.3) is 0 Å². The largest absolute Gasteiger partial charge is 0.348 e. The van der Waals surface area contributed by atoms with Gasteiger partial charge in [0.1, 0.15) is 0 Å². The second-order valence-corrected chi connectivity index (χ2v) is 7.05. The normalized spacial score (nSPS) is 36.5. The molecule has 0 aromatic heterocycles. The summed E-state index contributed by atoms with van der Waals surface area (Å²) >= 11 is 2.03. The fourth-order valence-corrected chi connectivity index (χ4v) is 4.45. The van der Waals surface area contributed by atoms with Gasteiger partial charge in [-0.15, -0.1) is 0 Å². The molecule has 3 rings (SSSR count). The maximum absolute atomic E-state index is 5.78. The van der Waals surface area contributed by atoms with Gasteiger partial charge in [0, 0.05) is 30.2 Å². The number of hydrogen-bond donors (Lipinski definition) is 1. The molecule has 1 heterocycles. The van der Waals surface area contributed by atoms with Crippen molar-refractivity contribution in [2.45, 2.75) is 68.1 Å². The Balaban J connectivity index is 1.43. The van der Waals surface area contributed by atoms with Crippen LogP contribution in [0.4, 0.5) is 0 Å². The summed E-state index contributed by atoms with van der Waals surface area (Å²) in [5.41, 5.74) is 0. The molecule has 0 amide bonds. The number of rotatable bonds is 3. The molecule has 4 heteroatoms. The molecular formula is C14H25NO2S.